The van der Waals surface area contributed by atoms with E-state index in [2.05, 4.69) is 5.32 Å². The Labute approximate surface area is 190 Å². The number of nitrogens with one attached hydrogen (secondary N) is 1. The van der Waals surface area contributed by atoms with E-state index >= 15 is 0 Å². The van der Waals surface area contributed by atoms with Gasteiger partial charge in [-0.3, -0.25) is 9.59 Å². The van der Waals surface area contributed by atoms with Crippen LogP contribution in [0.25, 0.3) is 11.1 Å². The third-order valence-corrected chi connectivity index (χ3v) is 7.38. The minimum Gasteiger partial charge on any atom is -0.359 e. The zero-order valence-electron chi connectivity index (χ0n) is 18.9. The van der Waals surface area contributed by atoms with Crippen molar-refractivity contribution in [2.24, 2.45) is 11.3 Å². The fourth-order valence-electron chi connectivity index (χ4n) is 5.40. The number of amides is 2. The number of nitrogens with zero attached hydrogens (tertiary/aromatic N) is 1. The van der Waals surface area contributed by atoms with E-state index in [4.69, 9.17) is 0 Å². The van der Waals surface area contributed by atoms with Gasteiger partial charge < -0.3 is 10.2 Å². The van der Waals surface area contributed by atoms with Gasteiger partial charge in [0.1, 0.15) is 5.82 Å². The molecule has 4 rings (SSSR count). The second-order valence-electron chi connectivity index (χ2n) is 9.37. The van der Waals surface area contributed by atoms with Crippen molar-refractivity contribution >= 4 is 11.8 Å². The summed E-state index contributed by atoms with van der Waals surface area (Å²) in [5.41, 5.74) is 1.95. The van der Waals surface area contributed by atoms with E-state index < -0.39 is 5.41 Å². The smallest absolute Gasteiger partial charge is 0.226 e. The van der Waals surface area contributed by atoms with Crippen LogP contribution in [0.5, 0.6) is 0 Å². The van der Waals surface area contributed by atoms with E-state index in [1.54, 1.807) is 19.2 Å². The predicted octanol–water partition coefficient (Wildman–Crippen LogP) is 4.97. The van der Waals surface area contributed by atoms with Crippen LogP contribution in [0.4, 0.5) is 4.39 Å². The molecule has 170 valence electrons. The Morgan fingerprint density at radius 3 is 2.28 bits per heavy atom. The molecule has 2 fully saturated rings. The molecule has 1 N–H and O–H groups in total. The molecule has 1 saturated carbocycles. The zero-order chi connectivity index (χ0) is 22.6. The summed E-state index contributed by atoms with van der Waals surface area (Å²) in [7, 11) is 1.69. The maximum atomic E-state index is 14.1. The van der Waals surface area contributed by atoms with Gasteiger partial charge in [-0.25, -0.2) is 4.39 Å². The van der Waals surface area contributed by atoms with Gasteiger partial charge in [0.05, 0.1) is 5.41 Å². The van der Waals surface area contributed by atoms with Crippen molar-refractivity contribution in [3.8, 4) is 11.1 Å². The fourth-order valence-corrected chi connectivity index (χ4v) is 5.40. The standard InChI is InChI=1S/C27H33FN2O2/c1-29-26(32)27(15-17-30(18-16-27)25(31)22-7-3-2-4-8-22)19-20-11-13-21(14-12-20)23-9-5-6-10-24(23)28/h5-6,9-14,22H,2-4,7-8,15-19H2,1H3,(H,29,32). The number of likely N-dealkylation sites (tertiary alicyclic amines) is 1. The van der Waals surface area contributed by atoms with Crippen LogP contribution < -0.4 is 5.32 Å². The fraction of sp³-hybridized carbons (Fsp3) is 0.481. The first-order valence-electron chi connectivity index (χ1n) is 11.9. The number of rotatable bonds is 5. The maximum Gasteiger partial charge on any atom is 0.226 e. The van der Waals surface area contributed by atoms with E-state index in [1.165, 1.54) is 12.5 Å². The molecule has 32 heavy (non-hydrogen) atoms. The molecular formula is C27H33FN2O2. The van der Waals surface area contributed by atoms with Crippen molar-refractivity contribution in [3.05, 3.63) is 59.9 Å². The van der Waals surface area contributed by atoms with Gasteiger partial charge in [-0.15, -0.1) is 0 Å². The Bertz CT molecular complexity index is 942. The molecule has 5 heteroatoms. The largest absolute Gasteiger partial charge is 0.359 e. The van der Waals surface area contributed by atoms with Crippen LogP contribution in [0.15, 0.2) is 48.5 Å². The van der Waals surface area contributed by atoms with Crippen LogP contribution in [0.3, 0.4) is 0 Å². The van der Waals surface area contributed by atoms with Gasteiger partial charge in [-0.2, -0.15) is 0 Å². The number of carbonyl (C=O) groups excluding carboxylic acids is 2. The first-order chi connectivity index (χ1) is 15.5. The van der Waals surface area contributed by atoms with Crippen LogP contribution in [-0.4, -0.2) is 36.9 Å². The van der Waals surface area contributed by atoms with Gasteiger partial charge >= 0.3 is 0 Å². The average molecular weight is 437 g/mol. The normalized spacial score (nSPS) is 18.9. The van der Waals surface area contributed by atoms with Gasteiger partial charge in [0.2, 0.25) is 11.8 Å². The monoisotopic (exact) mass is 436 g/mol. The third-order valence-electron chi connectivity index (χ3n) is 7.38. The lowest BCUT2D eigenvalue weighted by atomic mass is 9.72. The molecule has 2 aromatic carbocycles. The second kappa shape index (κ2) is 9.85. The number of hydrogen-bond acceptors (Lipinski definition) is 2. The molecule has 0 unspecified atom stereocenters. The van der Waals surface area contributed by atoms with Crippen LogP contribution >= 0.6 is 0 Å². The highest BCUT2D eigenvalue weighted by atomic mass is 19.1. The molecule has 1 aliphatic carbocycles. The SMILES string of the molecule is CNC(=O)C1(Cc2ccc(-c3ccccc3F)cc2)CCN(C(=O)C2CCCCC2)CC1. The Morgan fingerprint density at radius 2 is 1.66 bits per heavy atom. The van der Waals surface area contributed by atoms with Crippen molar-refractivity contribution in [1.82, 2.24) is 10.2 Å². The lowest BCUT2D eigenvalue weighted by molar-refractivity contribution is -0.143. The van der Waals surface area contributed by atoms with E-state index in [9.17, 15) is 14.0 Å². The topological polar surface area (TPSA) is 49.4 Å². The zero-order valence-corrected chi connectivity index (χ0v) is 18.9. The first kappa shape index (κ1) is 22.5. The van der Waals surface area contributed by atoms with Crippen LogP contribution in [0.1, 0.15) is 50.5 Å². The summed E-state index contributed by atoms with van der Waals surface area (Å²) in [6.07, 6.45) is 7.49. The molecule has 0 spiro atoms. The number of benzene rings is 2. The minimum atomic E-state index is -0.516. The number of carbonyl (C=O) groups is 2. The number of halogens is 1. The summed E-state index contributed by atoms with van der Waals surface area (Å²) in [5, 5.41) is 2.86. The van der Waals surface area contributed by atoms with E-state index in [0.29, 0.717) is 37.9 Å². The quantitative estimate of drug-likeness (QED) is 0.719. The Hall–Kier alpha value is -2.69. The summed E-state index contributed by atoms with van der Waals surface area (Å²) >= 11 is 0. The van der Waals surface area contributed by atoms with Gasteiger partial charge in [0, 0.05) is 31.6 Å². The van der Waals surface area contributed by atoms with Crippen molar-refractivity contribution in [2.75, 3.05) is 20.1 Å². The molecule has 2 aromatic rings. The molecule has 4 nitrogen and oxygen atoms in total. The average Bonchev–Trinajstić information content (AvgIpc) is 2.85. The molecule has 1 saturated heterocycles. The Kier molecular flexibility index (Phi) is 6.92. The predicted molar refractivity (Wildman–Crippen MR) is 124 cm³/mol. The van der Waals surface area contributed by atoms with Gasteiger partial charge in [0.25, 0.3) is 0 Å². The molecule has 2 amide bonds. The molecule has 0 aromatic heterocycles. The highest BCUT2D eigenvalue weighted by molar-refractivity contribution is 5.84. The molecule has 1 heterocycles. The van der Waals surface area contributed by atoms with Gasteiger partial charge in [-0.1, -0.05) is 61.7 Å². The van der Waals surface area contributed by atoms with Crippen LogP contribution in [0, 0.1) is 17.2 Å². The van der Waals surface area contributed by atoms with E-state index in [0.717, 1.165) is 36.8 Å². The van der Waals surface area contributed by atoms with Crippen LogP contribution in [-0.2, 0) is 16.0 Å². The number of piperidine rings is 1. The molecule has 1 aliphatic heterocycles. The van der Waals surface area contributed by atoms with Crippen molar-refractivity contribution in [1.29, 1.82) is 0 Å². The Morgan fingerprint density at radius 1 is 1.00 bits per heavy atom. The molecule has 0 radical (unpaired) electrons. The lowest BCUT2D eigenvalue weighted by Crippen LogP contribution is -2.51. The van der Waals surface area contributed by atoms with Gasteiger partial charge in [0.15, 0.2) is 0 Å². The molecule has 2 aliphatic rings. The van der Waals surface area contributed by atoms with Crippen molar-refractivity contribution in [3.63, 3.8) is 0 Å². The maximum absolute atomic E-state index is 14.1. The number of hydrogen-bond donors (Lipinski definition) is 1. The van der Waals surface area contributed by atoms with Gasteiger partial charge in [-0.05, 0) is 49.3 Å². The third kappa shape index (κ3) is 4.72. The summed E-state index contributed by atoms with van der Waals surface area (Å²) in [4.78, 5) is 27.9. The highest BCUT2D eigenvalue weighted by Crippen LogP contribution is 2.37. The molecule has 0 atom stereocenters. The van der Waals surface area contributed by atoms with Crippen molar-refractivity contribution in [2.45, 2.75) is 51.4 Å². The van der Waals surface area contributed by atoms with E-state index in [1.807, 2.05) is 35.2 Å². The molecule has 0 bridgehead atoms. The summed E-state index contributed by atoms with van der Waals surface area (Å²) in [6, 6.07) is 14.6. The van der Waals surface area contributed by atoms with Crippen LogP contribution in [0.2, 0.25) is 0 Å². The first-order valence-corrected chi connectivity index (χ1v) is 11.9. The van der Waals surface area contributed by atoms with Crippen molar-refractivity contribution < 1.29 is 14.0 Å². The Balaban J connectivity index is 1.46. The molecular weight excluding hydrogens is 403 g/mol. The minimum absolute atomic E-state index is 0.0421. The highest BCUT2D eigenvalue weighted by Gasteiger charge is 2.42. The van der Waals surface area contributed by atoms with E-state index in [-0.39, 0.29) is 23.5 Å². The lowest BCUT2D eigenvalue weighted by Gasteiger charge is -2.42. The second-order valence-corrected chi connectivity index (χ2v) is 9.37. The summed E-state index contributed by atoms with van der Waals surface area (Å²) in [6.45, 7) is 1.27. The summed E-state index contributed by atoms with van der Waals surface area (Å²) < 4.78 is 14.1. The summed E-state index contributed by atoms with van der Waals surface area (Å²) in [5.74, 6) is 0.254.